The van der Waals surface area contributed by atoms with Gasteiger partial charge in [0.2, 0.25) is 5.91 Å². The number of amides is 1. The second kappa shape index (κ2) is 8.74. The monoisotopic (exact) mass is 461 g/mol. The lowest BCUT2D eigenvalue weighted by atomic mass is 10.1. The van der Waals surface area contributed by atoms with Gasteiger partial charge in [0.05, 0.1) is 13.0 Å². The number of carbonyl (C=O) groups is 1. The smallest absolute Gasteiger partial charge is 0.333 e. The molecule has 2 aromatic heterocycles. The largest absolute Gasteiger partial charge is 0.369 e. The Morgan fingerprint density at radius 3 is 2.44 bits per heavy atom. The summed E-state index contributed by atoms with van der Waals surface area (Å²) in [5, 5.41) is 0. The van der Waals surface area contributed by atoms with Crippen LogP contribution in [-0.2, 0) is 30.7 Å². The molecule has 0 spiro atoms. The maximum absolute atomic E-state index is 14.2. The zero-order valence-electron chi connectivity index (χ0n) is 18.5. The standard InChI is InChI=1S/C25H24FN5O3/c26-19-4-2-1-3-18(19)14-31-24(33)22-23(30(25(31)34)13-17-9-10-17)29-21(28-22)12-16-7-5-15(6-8-16)11-20(27)32/h1-8,17H,9-14H2,(H2,27,32)(H,28,29). The van der Waals surface area contributed by atoms with Gasteiger partial charge in [-0.05, 0) is 36.0 Å². The van der Waals surface area contributed by atoms with Gasteiger partial charge >= 0.3 is 5.69 Å². The van der Waals surface area contributed by atoms with Gasteiger partial charge in [-0.25, -0.2) is 14.2 Å². The van der Waals surface area contributed by atoms with Crippen LogP contribution in [0.25, 0.3) is 11.2 Å². The predicted octanol–water partition coefficient (Wildman–Crippen LogP) is 2.10. The van der Waals surface area contributed by atoms with Crippen LogP contribution in [0.2, 0.25) is 0 Å². The minimum atomic E-state index is -0.522. The number of nitrogens with one attached hydrogen (secondary N) is 1. The van der Waals surface area contributed by atoms with Crippen LogP contribution < -0.4 is 17.0 Å². The van der Waals surface area contributed by atoms with Crippen molar-refractivity contribution in [3.05, 3.63) is 97.7 Å². The molecule has 34 heavy (non-hydrogen) atoms. The third-order valence-corrected chi connectivity index (χ3v) is 6.11. The van der Waals surface area contributed by atoms with E-state index in [1.54, 1.807) is 18.2 Å². The number of primary amides is 1. The number of imidazole rings is 1. The van der Waals surface area contributed by atoms with E-state index in [0.717, 1.165) is 28.5 Å². The Balaban J connectivity index is 1.54. The van der Waals surface area contributed by atoms with Gasteiger partial charge < -0.3 is 10.7 Å². The van der Waals surface area contributed by atoms with Crippen molar-refractivity contribution in [1.82, 2.24) is 19.1 Å². The summed E-state index contributed by atoms with van der Waals surface area (Å²) in [7, 11) is 0. The lowest BCUT2D eigenvalue weighted by molar-refractivity contribution is -0.117. The zero-order chi connectivity index (χ0) is 23.8. The van der Waals surface area contributed by atoms with E-state index in [1.165, 1.54) is 10.6 Å². The van der Waals surface area contributed by atoms with Crippen LogP contribution in [0.15, 0.2) is 58.1 Å². The first-order chi connectivity index (χ1) is 16.4. The topological polar surface area (TPSA) is 116 Å². The van der Waals surface area contributed by atoms with Crippen molar-refractivity contribution in [1.29, 1.82) is 0 Å². The van der Waals surface area contributed by atoms with Crippen LogP contribution in [-0.4, -0.2) is 25.0 Å². The highest BCUT2D eigenvalue weighted by molar-refractivity contribution is 5.76. The van der Waals surface area contributed by atoms with Crippen LogP contribution >= 0.6 is 0 Å². The summed E-state index contributed by atoms with van der Waals surface area (Å²) >= 11 is 0. The first-order valence-electron chi connectivity index (χ1n) is 11.2. The summed E-state index contributed by atoms with van der Waals surface area (Å²) < 4.78 is 16.9. The Kier molecular flexibility index (Phi) is 5.61. The molecule has 2 heterocycles. The molecule has 1 aliphatic carbocycles. The quantitative estimate of drug-likeness (QED) is 0.418. The van der Waals surface area contributed by atoms with Crippen molar-refractivity contribution in [2.75, 3.05) is 0 Å². The number of aromatic amines is 1. The maximum Gasteiger partial charge on any atom is 0.333 e. The number of carbonyl (C=O) groups excluding carboxylic acids is 1. The number of H-pyrrole nitrogens is 1. The Hall–Kier alpha value is -4.01. The Morgan fingerprint density at radius 1 is 1.06 bits per heavy atom. The van der Waals surface area contributed by atoms with E-state index in [2.05, 4.69) is 9.97 Å². The molecule has 0 bridgehead atoms. The predicted molar refractivity (Wildman–Crippen MR) is 125 cm³/mol. The molecule has 0 atom stereocenters. The molecule has 1 aliphatic rings. The molecule has 174 valence electrons. The van der Waals surface area contributed by atoms with E-state index in [-0.39, 0.29) is 24.0 Å². The zero-order valence-corrected chi connectivity index (χ0v) is 18.5. The van der Waals surface area contributed by atoms with Gasteiger partial charge in [0.25, 0.3) is 5.56 Å². The molecule has 2 aromatic carbocycles. The molecule has 8 nitrogen and oxygen atoms in total. The minimum Gasteiger partial charge on any atom is -0.369 e. The molecule has 9 heteroatoms. The lowest BCUT2D eigenvalue weighted by Crippen LogP contribution is -2.40. The van der Waals surface area contributed by atoms with Crippen molar-refractivity contribution < 1.29 is 9.18 Å². The number of hydrogen-bond donors (Lipinski definition) is 2. The molecule has 0 radical (unpaired) electrons. The second-order valence-corrected chi connectivity index (χ2v) is 8.84. The molecule has 3 N–H and O–H groups in total. The normalized spacial score (nSPS) is 13.4. The maximum atomic E-state index is 14.2. The molecule has 1 fully saturated rings. The van der Waals surface area contributed by atoms with Gasteiger partial charge in [0.15, 0.2) is 5.65 Å². The van der Waals surface area contributed by atoms with E-state index in [0.29, 0.717) is 30.4 Å². The van der Waals surface area contributed by atoms with E-state index in [4.69, 9.17) is 5.73 Å². The van der Waals surface area contributed by atoms with Gasteiger partial charge in [-0.3, -0.25) is 18.7 Å². The Bertz CT molecular complexity index is 1500. The summed E-state index contributed by atoms with van der Waals surface area (Å²) in [6.45, 7) is 0.319. The van der Waals surface area contributed by atoms with Crippen molar-refractivity contribution >= 4 is 17.1 Å². The van der Waals surface area contributed by atoms with Crippen molar-refractivity contribution in [3.8, 4) is 0 Å². The lowest BCUT2D eigenvalue weighted by Gasteiger charge is -2.11. The molecule has 1 saturated carbocycles. The SMILES string of the molecule is NC(=O)Cc1ccc(Cc2nc3c([nH]2)c(=O)n(Cc2ccccc2F)c(=O)n3CC2CC2)cc1. The highest BCUT2D eigenvalue weighted by Gasteiger charge is 2.26. The molecule has 5 rings (SSSR count). The number of rotatable bonds is 8. The first-order valence-corrected chi connectivity index (χ1v) is 11.2. The number of nitrogens with two attached hydrogens (primary N) is 1. The van der Waals surface area contributed by atoms with Crippen LogP contribution in [0.1, 0.15) is 35.4 Å². The van der Waals surface area contributed by atoms with Gasteiger partial charge in [-0.1, -0.05) is 42.5 Å². The fraction of sp³-hybridized carbons (Fsp3) is 0.280. The summed E-state index contributed by atoms with van der Waals surface area (Å²) in [5.41, 5.74) is 6.81. The number of hydrogen-bond acceptors (Lipinski definition) is 4. The summed E-state index contributed by atoms with van der Waals surface area (Å²) in [6, 6.07) is 13.5. The number of aromatic nitrogens is 4. The third-order valence-electron chi connectivity index (χ3n) is 6.11. The average molecular weight is 461 g/mol. The molecule has 0 saturated heterocycles. The highest BCUT2D eigenvalue weighted by Crippen LogP contribution is 2.30. The minimum absolute atomic E-state index is 0.152. The molecular formula is C25H24FN5O3. The number of halogens is 1. The van der Waals surface area contributed by atoms with Gasteiger partial charge in [-0.2, -0.15) is 0 Å². The van der Waals surface area contributed by atoms with Crippen molar-refractivity contribution in [2.24, 2.45) is 11.7 Å². The van der Waals surface area contributed by atoms with E-state index >= 15 is 0 Å². The third kappa shape index (κ3) is 4.41. The molecule has 1 amide bonds. The molecular weight excluding hydrogens is 437 g/mol. The Morgan fingerprint density at radius 2 is 1.76 bits per heavy atom. The first kappa shape index (κ1) is 21.8. The fourth-order valence-corrected chi connectivity index (χ4v) is 4.13. The van der Waals surface area contributed by atoms with Crippen molar-refractivity contribution in [3.63, 3.8) is 0 Å². The van der Waals surface area contributed by atoms with E-state index in [9.17, 15) is 18.8 Å². The van der Waals surface area contributed by atoms with E-state index in [1.807, 2.05) is 24.3 Å². The number of nitrogens with zero attached hydrogens (tertiary/aromatic N) is 3. The number of benzene rings is 2. The van der Waals surface area contributed by atoms with E-state index < -0.39 is 23.0 Å². The van der Waals surface area contributed by atoms with Crippen LogP contribution in [0, 0.1) is 11.7 Å². The highest BCUT2D eigenvalue weighted by atomic mass is 19.1. The van der Waals surface area contributed by atoms with Crippen LogP contribution in [0.4, 0.5) is 4.39 Å². The average Bonchev–Trinajstić information content (AvgIpc) is 3.53. The number of fused-ring (bicyclic) bond motifs is 1. The van der Waals surface area contributed by atoms with Crippen molar-refractivity contribution in [2.45, 2.75) is 38.8 Å². The van der Waals surface area contributed by atoms with Gasteiger partial charge in [0.1, 0.15) is 17.2 Å². The van der Waals surface area contributed by atoms with Crippen LogP contribution in [0.5, 0.6) is 0 Å². The summed E-state index contributed by atoms with van der Waals surface area (Å²) in [6.07, 6.45) is 2.63. The van der Waals surface area contributed by atoms with Crippen LogP contribution in [0.3, 0.4) is 0 Å². The van der Waals surface area contributed by atoms with Gasteiger partial charge in [0, 0.05) is 18.5 Å². The summed E-state index contributed by atoms with van der Waals surface area (Å²) in [5.74, 6) is 0.0543. The summed E-state index contributed by atoms with van der Waals surface area (Å²) in [4.78, 5) is 45.3. The van der Waals surface area contributed by atoms with Gasteiger partial charge in [-0.15, -0.1) is 0 Å². The second-order valence-electron chi connectivity index (χ2n) is 8.84. The fourth-order valence-electron chi connectivity index (χ4n) is 4.13. The molecule has 4 aromatic rings. The Labute approximate surface area is 193 Å². The molecule has 0 unspecified atom stereocenters. The molecule has 0 aliphatic heterocycles.